The van der Waals surface area contributed by atoms with E-state index in [0.29, 0.717) is 45.2 Å². The molecular formula is C48H88FN5O7. The Morgan fingerprint density at radius 1 is 0.754 bits per heavy atom. The van der Waals surface area contributed by atoms with Crippen molar-refractivity contribution in [3.8, 4) is 5.75 Å². The highest BCUT2D eigenvalue weighted by Crippen LogP contribution is 2.15. The number of aromatic hydroxyl groups is 1. The third-order valence-corrected chi connectivity index (χ3v) is 7.49. The van der Waals surface area contributed by atoms with Crippen molar-refractivity contribution in [2.75, 3.05) is 13.2 Å². The van der Waals surface area contributed by atoms with E-state index in [1.807, 2.05) is 106 Å². The van der Waals surface area contributed by atoms with Gasteiger partial charge in [-0.05, 0) is 61.3 Å². The molecule has 0 saturated heterocycles. The minimum absolute atomic E-state index is 0.0722. The number of unbranched alkanes of at least 4 members (excludes halogenated alkanes) is 2. The number of carbonyl (C=O) groups is 5. The van der Waals surface area contributed by atoms with Crippen LogP contribution >= 0.6 is 0 Å². The summed E-state index contributed by atoms with van der Waals surface area (Å²) in [6.07, 6.45) is 9.17. The molecule has 12 nitrogen and oxygen atoms in total. The lowest BCUT2D eigenvalue weighted by atomic mass is 9.99. The molecule has 1 saturated carbocycles. The van der Waals surface area contributed by atoms with Crippen molar-refractivity contribution in [2.45, 2.75) is 179 Å². The predicted molar refractivity (Wildman–Crippen MR) is 252 cm³/mol. The van der Waals surface area contributed by atoms with Crippen molar-refractivity contribution in [3.63, 3.8) is 0 Å². The number of nitrogens with one attached hydrogen (secondary N) is 4. The number of hydrogen-bond donors (Lipinski definition) is 6. The number of alkyl carbamates (subject to hydrolysis) is 1. The number of phenols is 1. The van der Waals surface area contributed by atoms with E-state index in [1.165, 1.54) is 25.7 Å². The molecule has 1 fully saturated rings. The molecule has 0 aromatic heterocycles. The Morgan fingerprint density at radius 2 is 1.28 bits per heavy atom. The summed E-state index contributed by atoms with van der Waals surface area (Å²) in [6, 6.07) is 14.8. The lowest BCUT2D eigenvalue weighted by molar-refractivity contribution is -0.132. The van der Waals surface area contributed by atoms with Crippen LogP contribution in [0, 0.1) is 11.8 Å². The number of ether oxygens (including phenoxy) is 1. The van der Waals surface area contributed by atoms with Crippen LogP contribution in [0.5, 0.6) is 5.75 Å². The second kappa shape index (κ2) is 49.7. The fraction of sp³-hybridized carbons (Fsp3) is 0.646. The van der Waals surface area contributed by atoms with Gasteiger partial charge >= 0.3 is 6.09 Å². The van der Waals surface area contributed by atoms with Crippen molar-refractivity contribution in [3.05, 3.63) is 65.7 Å². The van der Waals surface area contributed by atoms with Gasteiger partial charge in [-0.3, -0.25) is 23.6 Å². The van der Waals surface area contributed by atoms with Gasteiger partial charge in [0.25, 0.3) is 0 Å². The molecule has 5 amide bonds. The van der Waals surface area contributed by atoms with E-state index in [2.05, 4.69) is 35.1 Å². The first-order chi connectivity index (χ1) is 29.4. The number of hydrogen-bond acceptors (Lipinski definition) is 7. The van der Waals surface area contributed by atoms with Gasteiger partial charge in [0.2, 0.25) is 24.1 Å². The van der Waals surface area contributed by atoms with Gasteiger partial charge in [-0.1, -0.05) is 165 Å². The van der Waals surface area contributed by atoms with Crippen molar-refractivity contribution in [1.29, 1.82) is 0 Å². The van der Waals surface area contributed by atoms with E-state index in [4.69, 9.17) is 10.5 Å². The van der Waals surface area contributed by atoms with E-state index in [9.17, 15) is 33.5 Å². The lowest BCUT2D eigenvalue weighted by Gasteiger charge is -2.23. The second-order valence-electron chi connectivity index (χ2n) is 13.2. The Morgan fingerprint density at radius 3 is 1.74 bits per heavy atom. The van der Waals surface area contributed by atoms with Gasteiger partial charge < -0.3 is 36.8 Å². The average Bonchev–Trinajstić information content (AvgIpc) is 4.18. The Hall–Kier alpha value is -4.68. The Kier molecular flexibility index (Phi) is 53.3. The summed E-state index contributed by atoms with van der Waals surface area (Å²) in [7, 11) is 0. The van der Waals surface area contributed by atoms with E-state index in [-0.39, 0.29) is 36.0 Å². The smallest absolute Gasteiger partial charge is 0.407 e. The zero-order valence-corrected chi connectivity index (χ0v) is 40.3. The van der Waals surface area contributed by atoms with Gasteiger partial charge in [0.15, 0.2) is 0 Å². The van der Waals surface area contributed by atoms with Crippen LogP contribution in [-0.4, -0.2) is 60.6 Å². The predicted octanol–water partition coefficient (Wildman–Crippen LogP) is 10.3. The quantitative estimate of drug-likeness (QED) is 0.0564. The van der Waals surface area contributed by atoms with E-state index in [0.717, 1.165) is 24.0 Å². The number of amides is 5. The largest absolute Gasteiger partial charge is 0.508 e. The third-order valence-electron chi connectivity index (χ3n) is 7.49. The summed E-state index contributed by atoms with van der Waals surface area (Å²) in [6.45, 7) is 26.5. The van der Waals surface area contributed by atoms with E-state index in [1.54, 1.807) is 24.3 Å². The zero-order chi connectivity index (χ0) is 47.9. The zero-order valence-electron chi connectivity index (χ0n) is 40.3. The first-order valence-corrected chi connectivity index (χ1v) is 22.7. The molecule has 1 aliphatic rings. The molecule has 354 valence electrons. The highest BCUT2D eigenvalue weighted by atomic mass is 19.1. The molecule has 2 aromatic carbocycles. The highest BCUT2D eigenvalue weighted by molar-refractivity contribution is 5.88. The maximum Gasteiger partial charge on any atom is 0.407 e. The summed E-state index contributed by atoms with van der Waals surface area (Å²) in [4.78, 5) is 57.7. The molecule has 0 radical (unpaired) electrons. The van der Waals surface area contributed by atoms with Crippen LogP contribution in [0.4, 0.5) is 9.18 Å². The Balaban J connectivity index is -0.000000329. The van der Waals surface area contributed by atoms with Crippen LogP contribution in [0.2, 0.25) is 0 Å². The third kappa shape index (κ3) is 43.2. The molecule has 1 aliphatic carbocycles. The number of rotatable bonds is 20. The summed E-state index contributed by atoms with van der Waals surface area (Å²) >= 11 is 0. The van der Waals surface area contributed by atoms with Crippen LogP contribution in [-0.2, 0) is 37.1 Å². The molecular weight excluding hydrogens is 778 g/mol. The topological polar surface area (TPSA) is 189 Å². The number of alkyl halides is 1. The number of nitrogens with two attached hydrogens (primary N) is 1. The Bertz CT molecular complexity index is 1280. The SMILES string of the molecule is C1CC1.CC.CC.CC.CC.CC(C)C(NC(=O)[C@H](C)CCCCNC(=O)OCc1ccccc1)C(=O)NCc1ccc(O)cc1.CCC.NC(=O)C(CCCCF)NC=O. The summed E-state index contributed by atoms with van der Waals surface area (Å²) in [5.41, 5.74) is 6.74. The molecule has 13 heteroatoms. The Labute approximate surface area is 370 Å². The molecule has 2 aromatic rings. The van der Waals surface area contributed by atoms with Crippen LogP contribution in [0.25, 0.3) is 0 Å². The molecule has 0 bridgehead atoms. The normalized spacial score (nSPS) is 11.4. The molecule has 0 aliphatic heterocycles. The molecule has 3 rings (SSSR count). The first kappa shape index (κ1) is 65.4. The molecule has 3 atom stereocenters. The van der Waals surface area contributed by atoms with E-state index < -0.39 is 30.8 Å². The van der Waals surface area contributed by atoms with Gasteiger partial charge in [0.1, 0.15) is 24.4 Å². The fourth-order valence-electron chi connectivity index (χ4n) is 4.25. The highest BCUT2D eigenvalue weighted by Gasteiger charge is 2.26. The minimum Gasteiger partial charge on any atom is -0.508 e. The fourth-order valence-corrected chi connectivity index (χ4v) is 4.25. The summed E-state index contributed by atoms with van der Waals surface area (Å²) in [5.74, 6) is -1.16. The van der Waals surface area contributed by atoms with Crippen LogP contribution in [0.1, 0.15) is 165 Å². The maximum atomic E-state index is 12.7. The maximum absolute atomic E-state index is 12.7. The van der Waals surface area contributed by atoms with Gasteiger partial charge in [-0.25, -0.2) is 4.79 Å². The van der Waals surface area contributed by atoms with Crippen LogP contribution in [0.15, 0.2) is 54.6 Å². The van der Waals surface area contributed by atoms with E-state index >= 15 is 0 Å². The van der Waals surface area contributed by atoms with Crippen LogP contribution in [0.3, 0.4) is 0 Å². The van der Waals surface area contributed by atoms with Crippen molar-refractivity contribution in [2.24, 2.45) is 17.6 Å². The molecule has 7 N–H and O–H groups in total. The molecule has 0 spiro atoms. The standard InChI is InChI=1S/C27H37N3O5.C7H13FN2O2.C3H6.C3H8.4C2H6/c1-19(2)24(26(33)29-17-21-12-14-23(31)15-13-21)30-25(32)20(3)9-7-8-16-28-27(34)35-18-22-10-5-4-6-11-22;8-4-2-1-3-6(7(9)12)10-5-11;1-2-3-1;1-3-2;4*1-2/h4-6,10-15,19-20,24,31H,7-9,16-18H2,1-3H3,(H,28,34)(H,29,33)(H,30,32);5-6H,1-4H2,(H2,9,12)(H,10,11);1-3H2;3H2,1-2H3;4*1-2H3/t20-,24?;;;;;;;/m1......./s1. The molecule has 61 heavy (non-hydrogen) atoms. The number of halogens is 1. The molecule has 2 unspecified atom stereocenters. The first-order valence-electron chi connectivity index (χ1n) is 22.7. The monoisotopic (exact) mass is 866 g/mol. The molecule has 0 heterocycles. The van der Waals surface area contributed by atoms with Crippen LogP contribution < -0.4 is 27.0 Å². The van der Waals surface area contributed by atoms with Gasteiger partial charge in [-0.15, -0.1) is 0 Å². The van der Waals surface area contributed by atoms with Crippen molar-refractivity contribution >= 4 is 30.2 Å². The van der Waals surface area contributed by atoms with Crippen molar-refractivity contribution in [1.82, 2.24) is 21.3 Å². The number of benzene rings is 2. The number of phenolic OH excluding ortho intramolecular Hbond substituents is 1. The van der Waals surface area contributed by atoms with Crippen molar-refractivity contribution < 1.29 is 38.2 Å². The van der Waals surface area contributed by atoms with Gasteiger partial charge in [-0.2, -0.15) is 0 Å². The second-order valence-corrected chi connectivity index (χ2v) is 13.2. The number of primary amides is 1. The van der Waals surface area contributed by atoms with Gasteiger partial charge in [0, 0.05) is 19.0 Å². The van der Waals surface area contributed by atoms with Gasteiger partial charge in [0.05, 0.1) is 6.67 Å². The summed E-state index contributed by atoms with van der Waals surface area (Å²) in [5, 5.41) is 20.1. The average molecular weight is 866 g/mol. The summed E-state index contributed by atoms with van der Waals surface area (Å²) < 4.78 is 16.8. The number of carbonyl (C=O) groups excluding carboxylic acids is 5. The minimum atomic E-state index is -0.658. The lowest BCUT2D eigenvalue weighted by Crippen LogP contribution is -2.50.